The molecular weight excluding hydrogens is 394 g/mol. The Hall–Kier alpha value is -3.67. The normalized spacial score (nSPS) is 22.3. The molecule has 1 N–H and O–H groups in total. The Morgan fingerprint density at radius 1 is 0.742 bits per heavy atom. The van der Waals surface area contributed by atoms with Crippen LogP contribution in [0.15, 0.2) is 60.7 Å². The first-order valence-corrected chi connectivity index (χ1v) is 10.3. The first-order chi connectivity index (χ1) is 15.2. The van der Waals surface area contributed by atoms with Gasteiger partial charge in [0.25, 0.3) is 0 Å². The van der Waals surface area contributed by atoms with E-state index < -0.39 is 0 Å². The number of carbonyl (C=O) groups is 1. The molecule has 2 atom stereocenters. The Bertz CT molecular complexity index is 1110. The van der Waals surface area contributed by atoms with E-state index in [4.69, 9.17) is 18.9 Å². The van der Waals surface area contributed by atoms with E-state index in [2.05, 4.69) is 17.4 Å². The molecule has 2 unspecified atom stereocenters. The molecular formula is C25H21NO5. The average Bonchev–Trinajstić information content (AvgIpc) is 3.53. The fraction of sp³-hybridized carbons (Fsp3) is 0.240. The van der Waals surface area contributed by atoms with Gasteiger partial charge in [0.2, 0.25) is 19.5 Å². The Balaban J connectivity index is 1.52. The van der Waals surface area contributed by atoms with Crippen molar-refractivity contribution in [2.45, 2.75) is 11.8 Å². The summed E-state index contributed by atoms with van der Waals surface area (Å²) in [6, 6.07) is 20.2. The van der Waals surface area contributed by atoms with Crippen molar-refractivity contribution < 1.29 is 23.7 Å². The lowest BCUT2D eigenvalue weighted by atomic mass is 9.79. The highest BCUT2D eigenvalue weighted by Gasteiger charge is 2.46. The second-order valence-electron chi connectivity index (χ2n) is 7.95. The maximum atomic E-state index is 13.3. The molecule has 0 saturated heterocycles. The van der Waals surface area contributed by atoms with Gasteiger partial charge in [-0.15, -0.1) is 0 Å². The van der Waals surface area contributed by atoms with Crippen LogP contribution < -0.4 is 24.3 Å². The van der Waals surface area contributed by atoms with Crippen molar-refractivity contribution in [2.24, 2.45) is 5.92 Å². The SMILES string of the molecule is CNC(=O)C1C(c2ccc3c(c2)OCO3)c2ccccc2C1c1ccc2c(c1)OCO2. The van der Waals surface area contributed by atoms with Crippen LogP contribution in [0.5, 0.6) is 23.0 Å². The number of rotatable bonds is 3. The Kier molecular flexibility index (Phi) is 4.06. The molecule has 0 spiro atoms. The van der Waals surface area contributed by atoms with E-state index in [1.54, 1.807) is 7.05 Å². The van der Waals surface area contributed by atoms with Crippen LogP contribution in [0.4, 0.5) is 0 Å². The number of amides is 1. The molecule has 3 aromatic carbocycles. The molecule has 1 aliphatic carbocycles. The summed E-state index contributed by atoms with van der Waals surface area (Å²) in [5, 5.41) is 2.90. The third-order valence-corrected chi connectivity index (χ3v) is 6.44. The predicted molar refractivity (Wildman–Crippen MR) is 113 cm³/mol. The number of carbonyl (C=O) groups excluding carboxylic acids is 1. The lowest BCUT2D eigenvalue weighted by Gasteiger charge is -2.25. The summed E-state index contributed by atoms with van der Waals surface area (Å²) in [7, 11) is 1.69. The fourth-order valence-corrected chi connectivity index (χ4v) is 5.11. The first kappa shape index (κ1) is 18.1. The second-order valence-corrected chi connectivity index (χ2v) is 7.95. The van der Waals surface area contributed by atoms with E-state index in [1.807, 2.05) is 48.5 Å². The van der Waals surface area contributed by atoms with Crippen LogP contribution in [-0.2, 0) is 4.79 Å². The Labute approximate surface area is 179 Å². The van der Waals surface area contributed by atoms with E-state index in [0.717, 1.165) is 45.3 Å². The Morgan fingerprint density at radius 3 is 1.71 bits per heavy atom. The minimum atomic E-state index is -0.317. The fourth-order valence-electron chi connectivity index (χ4n) is 5.11. The molecule has 0 saturated carbocycles. The van der Waals surface area contributed by atoms with Gasteiger partial charge in [0, 0.05) is 18.9 Å². The molecule has 3 aromatic rings. The van der Waals surface area contributed by atoms with E-state index in [9.17, 15) is 4.79 Å². The molecule has 2 aliphatic heterocycles. The van der Waals surface area contributed by atoms with Gasteiger partial charge in [0.1, 0.15) is 0 Å². The topological polar surface area (TPSA) is 66.0 Å². The average molecular weight is 415 g/mol. The number of hydrogen-bond acceptors (Lipinski definition) is 5. The monoisotopic (exact) mass is 415 g/mol. The zero-order chi connectivity index (χ0) is 20.9. The molecule has 0 fully saturated rings. The van der Waals surface area contributed by atoms with Crippen LogP contribution in [0.1, 0.15) is 34.1 Å². The van der Waals surface area contributed by atoms with Crippen molar-refractivity contribution in [2.75, 3.05) is 20.6 Å². The summed E-state index contributed by atoms with van der Waals surface area (Å²) < 4.78 is 22.2. The van der Waals surface area contributed by atoms with Crippen LogP contribution in [-0.4, -0.2) is 26.5 Å². The maximum Gasteiger partial charge on any atom is 0.231 e. The number of nitrogens with one attached hydrogen (secondary N) is 1. The van der Waals surface area contributed by atoms with Crippen LogP contribution in [0.3, 0.4) is 0 Å². The third-order valence-electron chi connectivity index (χ3n) is 6.44. The highest BCUT2D eigenvalue weighted by Crippen LogP contribution is 2.54. The van der Waals surface area contributed by atoms with Crippen LogP contribution in [0.2, 0.25) is 0 Å². The van der Waals surface area contributed by atoms with Gasteiger partial charge in [-0.25, -0.2) is 0 Å². The van der Waals surface area contributed by atoms with Gasteiger partial charge in [-0.1, -0.05) is 36.4 Å². The standard InChI is InChI=1S/C25H21NO5/c1-26-25(27)24-22(14-6-8-18-20(10-14)30-12-28-18)16-4-2-3-5-17(16)23(24)15-7-9-19-21(11-15)31-13-29-19/h2-11,22-24H,12-13H2,1H3,(H,26,27). The highest BCUT2D eigenvalue weighted by molar-refractivity contribution is 5.84. The van der Waals surface area contributed by atoms with Crippen molar-refractivity contribution in [1.82, 2.24) is 5.32 Å². The van der Waals surface area contributed by atoms with Gasteiger partial charge < -0.3 is 24.3 Å². The van der Waals surface area contributed by atoms with Gasteiger partial charge in [-0.3, -0.25) is 4.79 Å². The highest BCUT2D eigenvalue weighted by atomic mass is 16.7. The van der Waals surface area contributed by atoms with Crippen molar-refractivity contribution >= 4 is 5.91 Å². The summed E-state index contributed by atoms with van der Waals surface area (Å²) in [5.41, 5.74) is 4.37. The summed E-state index contributed by atoms with van der Waals surface area (Å²) in [6.07, 6.45) is 0. The molecule has 31 heavy (non-hydrogen) atoms. The van der Waals surface area contributed by atoms with E-state index in [-0.39, 0.29) is 37.2 Å². The third kappa shape index (κ3) is 2.75. The summed E-state index contributed by atoms with van der Waals surface area (Å²) in [5.74, 6) is 2.37. The van der Waals surface area contributed by atoms with Crippen molar-refractivity contribution in [3.05, 3.63) is 82.9 Å². The number of hydrogen-bond donors (Lipinski definition) is 1. The zero-order valence-electron chi connectivity index (χ0n) is 17.0. The smallest absolute Gasteiger partial charge is 0.231 e. The molecule has 0 radical (unpaired) electrons. The van der Waals surface area contributed by atoms with E-state index in [0.29, 0.717) is 0 Å². The van der Waals surface area contributed by atoms with Crippen molar-refractivity contribution in [1.29, 1.82) is 0 Å². The van der Waals surface area contributed by atoms with Crippen molar-refractivity contribution in [3.8, 4) is 23.0 Å². The van der Waals surface area contributed by atoms with Gasteiger partial charge in [-0.05, 0) is 46.5 Å². The molecule has 0 bridgehead atoms. The molecule has 0 aromatic heterocycles. The summed E-state index contributed by atoms with van der Waals surface area (Å²) in [6.45, 7) is 0.442. The summed E-state index contributed by atoms with van der Waals surface area (Å²) in [4.78, 5) is 13.3. The molecule has 6 heteroatoms. The van der Waals surface area contributed by atoms with E-state index >= 15 is 0 Å². The lowest BCUT2D eigenvalue weighted by Crippen LogP contribution is -2.33. The largest absolute Gasteiger partial charge is 0.454 e. The minimum absolute atomic E-state index is 0.00142. The first-order valence-electron chi connectivity index (χ1n) is 10.3. The maximum absolute atomic E-state index is 13.3. The lowest BCUT2D eigenvalue weighted by molar-refractivity contribution is -0.125. The zero-order valence-corrected chi connectivity index (χ0v) is 17.0. The molecule has 6 nitrogen and oxygen atoms in total. The molecule has 6 rings (SSSR count). The summed E-state index contributed by atoms with van der Waals surface area (Å²) >= 11 is 0. The van der Waals surface area contributed by atoms with Gasteiger partial charge in [0.05, 0.1) is 5.92 Å². The predicted octanol–water partition coefficient (Wildman–Crippen LogP) is 3.78. The molecule has 156 valence electrons. The van der Waals surface area contributed by atoms with Gasteiger partial charge >= 0.3 is 0 Å². The molecule has 1 amide bonds. The van der Waals surface area contributed by atoms with Crippen LogP contribution >= 0.6 is 0 Å². The molecule has 2 heterocycles. The number of ether oxygens (including phenoxy) is 4. The van der Waals surface area contributed by atoms with Gasteiger partial charge in [0.15, 0.2) is 23.0 Å². The Morgan fingerprint density at radius 2 is 1.23 bits per heavy atom. The second kappa shape index (κ2) is 6.94. The van der Waals surface area contributed by atoms with E-state index in [1.165, 1.54) is 0 Å². The van der Waals surface area contributed by atoms with Crippen molar-refractivity contribution in [3.63, 3.8) is 0 Å². The van der Waals surface area contributed by atoms with Crippen LogP contribution in [0, 0.1) is 5.92 Å². The quantitative estimate of drug-likeness (QED) is 0.705. The van der Waals surface area contributed by atoms with Crippen LogP contribution in [0.25, 0.3) is 0 Å². The minimum Gasteiger partial charge on any atom is -0.454 e. The van der Waals surface area contributed by atoms with Gasteiger partial charge in [-0.2, -0.15) is 0 Å². The molecule has 3 aliphatic rings. The number of benzene rings is 3. The number of fused-ring (bicyclic) bond motifs is 3.